The highest BCUT2D eigenvalue weighted by Crippen LogP contribution is 2.39. The van der Waals surface area contributed by atoms with Gasteiger partial charge in [0.2, 0.25) is 0 Å². The van der Waals surface area contributed by atoms with Crippen molar-refractivity contribution in [2.45, 2.75) is 67.3 Å². The van der Waals surface area contributed by atoms with Gasteiger partial charge in [-0.15, -0.1) is 4.31 Å². The molecule has 1 aliphatic heterocycles. The van der Waals surface area contributed by atoms with E-state index in [1.54, 1.807) is 0 Å². The first-order chi connectivity index (χ1) is 13.8. The standard InChI is InChI=1S/C23H30INO3S/c1-23(2,3)29(27)25(16-17-10-6-4-7-11-17)21(18-12-8-5-9-13-18)20-15-14-19(24)22(26)28-20/h4-13,19-22,26H,14-16H2,1-3H3/t19?,20-,21?,22?,29?/m0/s1. The zero-order chi connectivity index (χ0) is 21.0. The number of alkyl halides is 1. The van der Waals surface area contributed by atoms with Crippen molar-refractivity contribution in [1.82, 2.24) is 4.31 Å². The lowest BCUT2D eigenvalue weighted by molar-refractivity contribution is -0.171. The molecule has 1 fully saturated rings. The van der Waals surface area contributed by atoms with E-state index in [4.69, 9.17) is 4.74 Å². The Labute approximate surface area is 191 Å². The second kappa shape index (κ2) is 10.1. The van der Waals surface area contributed by atoms with Crippen LogP contribution in [0.15, 0.2) is 60.7 Å². The molecule has 1 heterocycles. The van der Waals surface area contributed by atoms with Crippen molar-refractivity contribution < 1.29 is 14.4 Å². The lowest BCUT2D eigenvalue weighted by Gasteiger charge is -2.43. The van der Waals surface area contributed by atoms with E-state index in [0.717, 1.165) is 24.0 Å². The van der Waals surface area contributed by atoms with E-state index in [2.05, 4.69) is 51.2 Å². The molecule has 1 saturated heterocycles. The van der Waals surface area contributed by atoms with Crippen LogP contribution in [0.3, 0.4) is 0 Å². The maximum Gasteiger partial charge on any atom is 0.166 e. The van der Waals surface area contributed by atoms with E-state index in [9.17, 15) is 9.66 Å². The zero-order valence-electron chi connectivity index (χ0n) is 17.2. The minimum Gasteiger partial charge on any atom is -0.597 e. The molecule has 0 spiro atoms. The Morgan fingerprint density at radius 1 is 1.10 bits per heavy atom. The van der Waals surface area contributed by atoms with Crippen molar-refractivity contribution in [1.29, 1.82) is 0 Å². The number of aliphatic hydroxyl groups excluding tert-OH is 1. The number of aliphatic hydroxyl groups is 1. The molecule has 2 aromatic rings. The normalized spacial score (nSPS) is 25.0. The van der Waals surface area contributed by atoms with Gasteiger partial charge < -0.3 is 14.4 Å². The van der Waals surface area contributed by atoms with Crippen molar-refractivity contribution in [2.24, 2.45) is 0 Å². The maximum absolute atomic E-state index is 13.7. The molecule has 158 valence electrons. The van der Waals surface area contributed by atoms with E-state index in [-0.39, 0.29) is 16.1 Å². The number of benzene rings is 2. The molecular weight excluding hydrogens is 497 g/mol. The summed E-state index contributed by atoms with van der Waals surface area (Å²) in [4.78, 5) is 0. The topological polar surface area (TPSA) is 55.8 Å². The van der Waals surface area contributed by atoms with Crippen LogP contribution >= 0.6 is 22.6 Å². The number of nitrogens with zero attached hydrogens (tertiary/aromatic N) is 1. The lowest BCUT2D eigenvalue weighted by Crippen LogP contribution is -2.50. The van der Waals surface area contributed by atoms with Crippen LogP contribution in [0.4, 0.5) is 0 Å². The Balaban J connectivity index is 2.01. The van der Waals surface area contributed by atoms with Crippen molar-refractivity contribution in [3.05, 3.63) is 71.8 Å². The van der Waals surface area contributed by atoms with Crippen LogP contribution in [0.1, 0.15) is 50.8 Å². The lowest BCUT2D eigenvalue weighted by atomic mass is 9.95. The Morgan fingerprint density at radius 3 is 2.24 bits per heavy atom. The third-order valence-corrected chi connectivity index (χ3v) is 8.14. The van der Waals surface area contributed by atoms with Crippen molar-refractivity contribution >= 4 is 34.0 Å². The summed E-state index contributed by atoms with van der Waals surface area (Å²) in [5, 5.41) is 10.4. The third-order valence-electron chi connectivity index (χ3n) is 5.07. The maximum atomic E-state index is 13.7. The van der Waals surface area contributed by atoms with Gasteiger partial charge in [-0.25, -0.2) is 0 Å². The van der Waals surface area contributed by atoms with Gasteiger partial charge in [0.15, 0.2) is 6.29 Å². The predicted octanol–water partition coefficient (Wildman–Crippen LogP) is 4.99. The van der Waals surface area contributed by atoms with E-state index < -0.39 is 22.4 Å². The fourth-order valence-electron chi connectivity index (χ4n) is 3.62. The average molecular weight is 527 g/mol. The molecule has 5 atom stereocenters. The summed E-state index contributed by atoms with van der Waals surface area (Å²) in [6.07, 6.45) is 0.657. The first-order valence-corrected chi connectivity index (χ1v) is 12.4. The average Bonchev–Trinajstić information content (AvgIpc) is 2.70. The number of hydrogen-bond donors (Lipinski definition) is 1. The van der Waals surface area contributed by atoms with Crippen LogP contribution in [-0.4, -0.2) is 35.0 Å². The highest BCUT2D eigenvalue weighted by molar-refractivity contribution is 14.1. The number of halogens is 1. The second-order valence-corrected chi connectivity index (χ2v) is 12.2. The molecule has 1 N–H and O–H groups in total. The molecule has 1 aliphatic rings. The highest BCUT2D eigenvalue weighted by Gasteiger charge is 2.44. The smallest absolute Gasteiger partial charge is 0.166 e. The van der Waals surface area contributed by atoms with Gasteiger partial charge in [-0.2, -0.15) is 0 Å². The highest BCUT2D eigenvalue weighted by atomic mass is 127. The molecule has 0 aromatic heterocycles. The molecular formula is C23H30INO3S. The van der Waals surface area contributed by atoms with Crippen LogP contribution in [0.5, 0.6) is 0 Å². The first kappa shape index (κ1) is 23.0. The first-order valence-electron chi connectivity index (χ1n) is 10.0. The van der Waals surface area contributed by atoms with E-state index in [1.807, 2.05) is 57.2 Å². The molecule has 3 rings (SSSR count). The van der Waals surface area contributed by atoms with E-state index in [0.29, 0.717) is 6.54 Å². The van der Waals surface area contributed by atoms with Gasteiger partial charge >= 0.3 is 0 Å². The van der Waals surface area contributed by atoms with Crippen LogP contribution < -0.4 is 0 Å². The van der Waals surface area contributed by atoms with Crippen molar-refractivity contribution in [2.75, 3.05) is 0 Å². The van der Waals surface area contributed by atoms with Crippen LogP contribution in [0.25, 0.3) is 0 Å². The van der Waals surface area contributed by atoms with Gasteiger partial charge in [0.25, 0.3) is 0 Å². The van der Waals surface area contributed by atoms with Gasteiger partial charge in [-0.3, -0.25) is 0 Å². The van der Waals surface area contributed by atoms with Gasteiger partial charge in [0.05, 0.1) is 16.6 Å². The Bertz CT molecular complexity index is 756. The molecule has 0 bridgehead atoms. The van der Waals surface area contributed by atoms with Crippen LogP contribution in [0, 0.1) is 0 Å². The summed E-state index contributed by atoms with van der Waals surface area (Å²) in [7, 11) is 0. The third kappa shape index (κ3) is 5.95. The molecule has 2 aromatic carbocycles. The van der Waals surface area contributed by atoms with E-state index in [1.165, 1.54) is 0 Å². The fourth-order valence-corrected chi connectivity index (χ4v) is 5.59. The number of ether oxygens (including phenoxy) is 1. The Hall–Kier alpha value is -0.640. The fraction of sp³-hybridized carbons (Fsp3) is 0.478. The van der Waals surface area contributed by atoms with Crippen molar-refractivity contribution in [3.63, 3.8) is 0 Å². The van der Waals surface area contributed by atoms with Gasteiger partial charge in [-0.1, -0.05) is 83.3 Å². The van der Waals surface area contributed by atoms with Gasteiger partial charge in [-0.05, 0) is 44.7 Å². The molecule has 0 radical (unpaired) electrons. The van der Waals surface area contributed by atoms with Crippen molar-refractivity contribution in [3.8, 4) is 0 Å². The van der Waals surface area contributed by atoms with Gasteiger partial charge in [0, 0.05) is 11.4 Å². The molecule has 0 amide bonds. The summed E-state index contributed by atoms with van der Waals surface area (Å²) >= 11 is 0.987. The summed E-state index contributed by atoms with van der Waals surface area (Å²) in [5.41, 5.74) is 2.17. The molecule has 4 unspecified atom stereocenters. The summed E-state index contributed by atoms with van der Waals surface area (Å²) in [6, 6.07) is 20.0. The van der Waals surface area contributed by atoms with Crippen LogP contribution in [-0.2, 0) is 22.6 Å². The number of rotatable bonds is 6. The predicted molar refractivity (Wildman–Crippen MR) is 127 cm³/mol. The quantitative estimate of drug-likeness (QED) is 0.327. The minimum absolute atomic E-state index is 0.0796. The summed E-state index contributed by atoms with van der Waals surface area (Å²) < 4.78 is 21.5. The summed E-state index contributed by atoms with van der Waals surface area (Å²) in [6.45, 7) is 6.55. The van der Waals surface area contributed by atoms with E-state index >= 15 is 0 Å². The molecule has 0 saturated carbocycles. The monoisotopic (exact) mass is 527 g/mol. The number of hydrogen-bond acceptors (Lipinski definition) is 4. The molecule has 0 aliphatic carbocycles. The Kier molecular flexibility index (Phi) is 8.03. The SMILES string of the molecule is CC(C)(C)[S+]([O-])N(Cc1ccccc1)C(c1ccccc1)[C@@H]1CCC(I)C(O)O1. The second-order valence-electron chi connectivity index (χ2n) is 8.44. The molecule has 6 heteroatoms. The largest absolute Gasteiger partial charge is 0.597 e. The molecule has 4 nitrogen and oxygen atoms in total. The molecule has 29 heavy (non-hydrogen) atoms. The minimum atomic E-state index is -1.26. The summed E-state index contributed by atoms with van der Waals surface area (Å²) in [5.74, 6) is 0. The van der Waals surface area contributed by atoms with Crippen LogP contribution in [0.2, 0.25) is 0 Å². The van der Waals surface area contributed by atoms with Gasteiger partial charge in [0.1, 0.15) is 10.8 Å². The Morgan fingerprint density at radius 2 is 1.69 bits per heavy atom. The zero-order valence-corrected chi connectivity index (χ0v) is 20.2.